The van der Waals surface area contributed by atoms with E-state index in [1.54, 1.807) is 0 Å². The van der Waals surface area contributed by atoms with E-state index in [0.717, 1.165) is 49.9 Å². The molecule has 1 aliphatic rings. The van der Waals surface area contributed by atoms with Gasteiger partial charge in [-0.25, -0.2) is 0 Å². The first-order valence-electron chi connectivity index (χ1n) is 7.77. The third kappa shape index (κ3) is 5.73. The van der Waals surface area contributed by atoms with Crippen molar-refractivity contribution in [2.75, 3.05) is 13.1 Å². The molecule has 0 aliphatic heterocycles. The lowest BCUT2D eigenvalue weighted by molar-refractivity contribution is -0.274. The maximum atomic E-state index is 12.3. The summed E-state index contributed by atoms with van der Waals surface area (Å²) in [6.07, 6.45) is -0.869. The zero-order valence-corrected chi connectivity index (χ0v) is 13.9. The van der Waals surface area contributed by atoms with Crippen LogP contribution in [-0.2, 0) is 14.6 Å². The fourth-order valence-corrected chi connectivity index (χ4v) is 3.94. The number of nitrogens with one attached hydrogen (secondary N) is 1. The number of benzene rings is 1. The highest BCUT2D eigenvalue weighted by atomic mass is 32.3. The van der Waals surface area contributed by atoms with Gasteiger partial charge in [-0.1, -0.05) is 0 Å². The molecule has 2 rings (SSSR count). The molecule has 0 amide bonds. The zero-order valence-electron chi connectivity index (χ0n) is 13.1. The maximum Gasteiger partial charge on any atom is 0.573 e. The number of hydrogen-bond acceptors (Lipinski definition) is 3. The molecule has 4 N–H and O–H groups in total. The molecule has 0 bridgehead atoms. The molecule has 136 valence electrons. The van der Waals surface area contributed by atoms with Crippen LogP contribution in [0.25, 0.3) is 0 Å². The van der Waals surface area contributed by atoms with Crippen molar-refractivity contribution in [1.29, 1.82) is 0 Å². The van der Waals surface area contributed by atoms with Crippen molar-refractivity contribution < 1.29 is 26.7 Å². The Balaban J connectivity index is 1.89. The van der Waals surface area contributed by atoms with E-state index < -0.39 is 22.5 Å². The minimum absolute atomic E-state index is 0.0210. The SMILES string of the molecule is NCC1CCC(CN[S+](=O)(O)c2ccc(OC(F)(F)F)cc2)CC1. The Kier molecular flexibility index (Phi) is 6.24. The minimum atomic E-state index is -4.79. The van der Waals surface area contributed by atoms with Gasteiger partial charge in [0, 0.05) is 18.7 Å². The van der Waals surface area contributed by atoms with Crippen LogP contribution in [0, 0.1) is 11.8 Å². The molecule has 5 nitrogen and oxygen atoms in total. The molecule has 24 heavy (non-hydrogen) atoms. The predicted octanol–water partition coefficient (Wildman–Crippen LogP) is 3.19. The van der Waals surface area contributed by atoms with Gasteiger partial charge >= 0.3 is 16.8 Å². The molecule has 9 heteroatoms. The van der Waals surface area contributed by atoms with E-state index in [9.17, 15) is 21.9 Å². The maximum absolute atomic E-state index is 12.3. The van der Waals surface area contributed by atoms with E-state index in [2.05, 4.69) is 9.46 Å². The average Bonchev–Trinajstić information content (AvgIpc) is 2.52. The van der Waals surface area contributed by atoms with Crippen molar-refractivity contribution in [3.8, 4) is 5.75 Å². The Morgan fingerprint density at radius 2 is 1.71 bits per heavy atom. The average molecular weight is 367 g/mol. The molecule has 1 aromatic carbocycles. The van der Waals surface area contributed by atoms with Crippen molar-refractivity contribution in [2.24, 2.45) is 17.6 Å². The normalized spacial score (nSPS) is 24.4. The highest BCUT2D eigenvalue weighted by Gasteiger charge is 2.33. The topological polar surface area (TPSA) is 84.6 Å². The first-order chi connectivity index (χ1) is 11.2. The van der Waals surface area contributed by atoms with Gasteiger partial charge in [-0.2, -0.15) is 4.55 Å². The summed E-state index contributed by atoms with van der Waals surface area (Å²) in [5, 5.41) is 0. The van der Waals surface area contributed by atoms with E-state index in [4.69, 9.17) is 5.73 Å². The van der Waals surface area contributed by atoms with E-state index in [1.165, 1.54) is 0 Å². The Morgan fingerprint density at radius 3 is 2.21 bits per heavy atom. The molecule has 1 aliphatic carbocycles. The Hall–Kier alpha value is -1.16. The highest BCUT2D eigenvalue weighted by Crippen LogP contribution is 2.29. The molecule has 0 heterocycles. The second kappa shape index (κ2) is 7.81. The van der Waals surface area contributed by atoms with Crippen LogP contribution in [0.5, 0.6) is 5.75 Å². The van der Waals surface area contributed by atoms with Gasteiger partial charge in [0.25, 0.3) is 0 Å². The van der Waals surface area contributed by atoms with E-state index in [0.29, 0.717) is 24.9 Å². The van der Waals surface area contributed by atoms with E-state index >= 15 is 0 Å². The lowest BCUT2D eigenvalue weighted by Gasteiger charge is -2.27. The summed E-state index contributed by atoms with van der Waals surface area (Å²) in [4.78, 5) is 0.0210. The molecule has 0 saturated heterocycles. The fourth-order valence-electron chi connectivity index (χ4n) is 2.81. The summed E-state index contributed by atoms with van der Waals surface area (Å²) in [6, 6.07) is 4.35. The summed E-state index contributed by atoms with van der Waals surface area (Å²) >= 11 is 0. The van der Waals surface area contributed by atoms with E-state index in [1.807, 2.05) is 0 Å². The van der Waals surface area contributed by atoms with Crippen LogP contribution >= 0.6 is 0 Å². The van der Waals surface area contributed by atoms with Crippen molar-refractivity contribution in [3.63, 3.8) is 0 Å². The molecule has 0 spiro atoms. The van der Waals surface area contributed by atoms with Crippen LogP contribution in [0.3, 0.4) is 0 Å². The van der Waals surface area contributed by atoms with Gasteiger partial charge in [-0.15, -0.1) is 17.9 Å². The number of hydrogen-bond donors (Lipinski definition) is 3. The molecule has 1 unspecified atom stereocenters. The van der Waals surface area contributed by atoms with Gasteiger partial charge in [0.05, 0.1) is 0 Å². The summed E-state index contributed by atoms with van der Waals surface area (Å²) in [7, 11) is -3.50. The van der Waals surface area contributed by atoms with Crippen molar-refractivity contribution in [2.45, 2.75) is 36.9 Å². The van der Waals surface area contributed by atoms with Crippen LogP contribution < -0.4 is 15.2 Å². The summed E-state index contributed by atoms with van der Waals surface area (Å²) in [5.41, 5.74) is 5.64. The van der Waals surface area contributed by atoms with Crippen molar-refractivity contribution in [3.05, 3.63) is 24.3 Å². The number of halogens is 3. The molecular formula is C15H22F3N2O3S+. The number of ether oxygens (including phenoxy) is 1. The van der Waals surface area contributed by atoms with Gasteiger partial charge in [-0.05, 0) is 60.4 Å². The standard InChI is InChI=1S/C15H21F3N2O3S/c16-15(17,18)23-13-5-7-14(8-6-13)24(21,22)20-10-12-3-1-11(9-19)2-4-12/h5-8,11-12H,1-4,9-10,19H2,(H-,20,21,22)/p+1. The third-order valence-corrected chi connectivity index (χ3v) is 5.71. The predicted molar refractivity (Wildman–Crippen MR) is 84.6 cm³/mol. The smallest absolute Gasteiger partial charge is 0.406 e. The van der Waals surface area contributed by atoms with Gasteiger partial charge in [0.1, 0.15) is 5.75 Å². The number of alkyl halides is 3. The molecular weight excluding hydrogens is 345 g/mol. The minimum Gasteiger partial charge on any atom is -0.406 e. The largest absolute Gasteiger partial charge is 0.573 e. The van der Waals surface area contributed by atoms with Gasteiger partial charge in [-0.3, -0.25) is 0 Å². The first kappa shape index (κ1) is 19.2. The second-order valence-electron chi connectivity index (χ2n) is 6.02. The lowest BCUT2D eigenvalue weighted by Crippen LogP contribution is -2.36. The molecule has 1 fully saturated rings. The summed E-state index contributed by atoms with van der Waals surface area (Å²) < 4.78 is 65.1. The second-order valence-corrected chi connectivity index (χ2v) is 7.83. The van der Waals surface area contributed by atoms with Gasteiger partial charge in [0.15, 0.2) is 0 Å². The van der Waals surface area contributed by atoms with Crippen molar-refractivity contribution >= 4 is 10.4 Å². The van der Waals surface area contributed by atoms with Crippen LogP contribution in [-0.4, -0.2) is 24.0 Å². The summed E-state index contributed by atoms with van der Waals surface area (Å²) in [5.74, 6) is 0.399. The molecule has 0 aromatic heterocycles. The molecule has 1 aromatic rings. The quantitative estimate of drug-likeness (QED) is 0.674. The Morgan fingerprint density at radius 1 is 1.17 bits per heavy atom. The fraction of sp³-hybridized carbons (Fsp3) is 0.600. The zero-order chi connectivity index (χ0) is 17.8. The van der Waals surface area contributed by atoms with Crippen molar-refractivity contribution in [1.82, 2.24) is 4.72 Å². The van der Waals surface area contributed by atoms with E-state index in [-0.39, 0.29) is 4.90 Å². The Labute approximate surface area is 140 Å². The molecule has 1 saturated carbocycles. The number of rotatable bonds is 6. The monoisotopic (exact) mass is 367 g/mol. The van der Waals surface area contributed by atoms with Gasteiger partial charge < -0.3 is 10.5 Å². The van der Waals surface area contributed by atoms with Crippen LogP contribution in [0.4, 0.5) is 13.2 Å². The third-order valence-electron chi connectivity index (χ3n) is 4.24. The lowest BCUT2D eigenvalue weighted by atomic mass is 9.82. The Bertz CT molecular complexity index is 572. The molecule has 1 atom stereocenters. The van der Waals surface area contributed by atoms with Crippen LogP contribution in [0.15, 0.2) is 29.2 Å². The highest BCUT2D eigenvalue weighted by molar-refractivity contribution is 7.95. The number of nitrogens with two attached hydrogens (primary N) is 1. The van der Waals surface area contributed by atoms with Crippen LogP contribution in [0.2, 0.25) is 0 Å². The summed E-state index contributed by atoms with van der Waals surface area (Å²) in [6.45, 7) is 1.05. The first-order valence-corrected chi connectivity index (χ1v) is 9.28. The molecule has 0 radical (unpaired) electrons. The van der Waals surface area contributed by atoms with Gasteiger partial charge in [0.2, 0.25) is 4.90 Å². The van der Waals surface area contributed by atoms with Crippen LogP contribution in [0.1, 0.15) is 25.7 Å².